The standard InChI is InChI=1S/C15H17N5O3/c1-9(14-16-18-19-17-14)8-20(2)15(21)12-7-10-5-4-6-11(22-3)13(10)23-12/h4-7,9H,8H2,1-3H3,(H,16,17,18,19)/t9-/m1/s1. The Morgan fingerprint density at radius 2 is 2.30 bits per heavy atom. The van der Waals surface area contributed by atoms with E-state index in [9.17, 15) is 4.79 Å². The summed E-state index contributed by atoms with van der Waals surface area (Å²) in [7, 11) is 3.28. The molecule has 0 aliphatic carbocycles. The van der Waals surface area contributed by atoms with Crippen molar-refractivity contribution in [3.63, 3.8) is 0 Å². The van der Waals surface area contributed by atoms with Gasteiger partial charge in [0.15, 0.2) is 22.9 Å². The number of likely N-dealkylation sites (N-methyl/N-ethyl adjacent to an activating group) is 1. The minimum absolute atomic E-state index is 0.0402. The van der Waals surface area contributed by atoms with Crippen LogP contribution < -0.4 is 4.74 Å². The van der Waals surface area contributed by atoms with Crippen LogP contribution in [0, 0.1) is 0 Å². The number of furan rings is 1. The molecule has 120 valence electrons. The first-order chi connectivity index (χ1) is 11.1. The molecule has 1 atom stereocenters. The molecule has 8 heteroatoms. The van der Waals surface area contributed by atoms with E-state index in [0.717, 1.165) is 5.39 Å². The number of aromatic amines is 1. The number of nitrogens with zero attached hydrogens (tertiary/aromatic N) is 4. The largest absolute Gasteiger partial charge is 0.493 e. The third-order valence-corrected chi connectivity index (χ3v) is 3.64. The molecule has 3 rings (SSSR count). The number of para-hydroxylation sites is 1. The van der Waals surface area contributed by atoms with E-state index in [1.807, 2.05) is 19.1 Å². The lowest BCUT2D eigenvalue weighted by Crippen LogP contribution is -2.30. The highest BCUT2D eigenvalue weighted by molar-refractivity contribution is 5.97. The van der Waals surface area contributed by atoms with E-state index >= 15 is 0 Å². The Balaban J connectivity index is 1.79. The molecule has 0 unspecified atom stereocenters. The zero-order valence-corrected chi connectivity index (χ0v) is 13.1. The van der Waals surface area contributed by atoms with E-state index in [-0.39, 0.29) is 17.6 Å². The van der Waals surface area contributed by atoms with Crippen LogP contribution in [0.15, 0.2) is 28.7 Å². The number of hydrogen-bond acceptors (Lipinski definition) is 6. The van der Waals surface area contributed by atoms with Crippen molar-refractivity contribution in [1.29, 1.82) is 0 Å². The van der Waals surface area contributed by atoms with Crippen molar-refractivity contribution >= 4 is 16.9 Å². The maximum absolute atomic E-state index is 12.5. The summed E-state index contributed by atoms with van der Waals surface area (Å²) in [4.78, 5) is 14.1. The van der Waals surface area contributed by atoms with Crippen LogP contribution >= 0.6 is 0 Å². The summed E-state index contributed by atoms with van der Waals surface area (Å²) in [5.41, 5.74) is 0.568. The van der Waals surface area contributed by atoms with Gasteiger partial charge < -0.3 is 14.1 Å². The number of methoxy groups -OCH3 is 1. The first-order valence-electron chi connectivity index (χ1n) is 7.15. The first-order valence-corrected chi connectivity index (χ1v) is 7.15. The average molecular weight is 315 g/mol. The second-order valence-electron chi connectivity index (χ2n) is 5.35. The van der Waals surface area contributed by atoms with Crippen LogP contribution in [0.1, 0.15) is 29.2 Å². The van der Waals surface area contributed by atoms with Gasteiger partial charge in [-0.3, -0.25) is 4.79 Å². The fourth-order valence-corrected chi connectivity index (χ4v) is 2.44. The van der Waals surface area contributed by atoms with Gasteiger partial charge in [0.2, 0.25) is 0 Å². The Hall–Kier alpha value is -2.90. The predicted molar refractivity (Wildman–Crippen MR) is 82.3 cm³/mol. The van der Waals surface area contributed by atoms with Gasteiger partial charge in [-0.15, -0.1) is 10.2 Å². The molecule has 0 saturated carbocycles. The molecule has 0 spiro atoms. The summed E-state index contributed by atoms with van der Waals surface area (Å²) in [6.07, 6.45) is 0. The number of H-pyrrole nitrogens is 1. The zero-order chi connectivity index (χ0) is 16.4. The first kappa shape index (κ1) is 15.0. The molecule has 0 fully saturated rings. The molecule has 1 aromatic carbocycles. The number of carbonyl (C=O) groups is 1. The zero-order valence-electron chi connectivity index (χ0n) is 13.1. The third kappa shape index (κ3) is 2.87. The fourth-order valence-electron chi connectivity index (χ4n) is 2.44. The van der Waals surface area contributed by atoms with E-state index in [2.05, 4.69) is 20.6 Å². The van der Waals surface area contributed by atoms with Crippen LogP contribution in [0.3, 0.4) is 0 Å². The van der Waals surface area contributed by atoms with E-state index in [4.69, 9.17) is 9.15 Å². The minimum atomic E-state index is -0.210. The molecular formula is C15H17N5O3. The lowest BCUT2D eigenvalue weighted by molar-refractivity contribution is 0.0758. The number of tetrazole rings is 1. The van der Waals surface area contributed by atoms with Gasteiger partial charge in [0.25, 0.3) is 5.91 Å². The molecular weight excluding hydrogens is 298 g/mol. The number of nitrogens with one attached hydrogen (secondary N) is 1. The van der Waals surface area contributed by atoms with E-state index in [0.29, 0.717) is 23.7 Å². The Morgan fingerprint density at radius 3 is 3.00 bits per heavy atom. The maximum atomic E-state index is 12.5. The van der Waals surface area contributed by atoms with Gasteiger partial charge in [-0.1, -0.05) is 24.3 Å². The van der Waals surface area contributed by atoms with Crippen molar-refractivity contribution in [3.8, 4) is 5.75 Å². The summed E-state index contributed by atoms with van der Waals surface area (Å²) in [6.45, 7) is 2.38. The molecule has 1 N–H and O–H groups in total. The number of rotatable bonds is 5. The average Bonchev–Trinajstić information content (AvgIpc) is 3.22. The number of amides is 1. The lowest BCUT2D eigenvalue weighted by atomic mass is 10.1. The van der Waals surface area contributed by atoms with E-state index in [1.165, 1.54) is 0 Å². The highest BCUT2D eigenvalue weighted by Crippen LogP contribution is 2.29. The molecule has 2 aromatic heterocycles. The van der Waals surface area contributed by atoms with Crippen LogP contribution in [0.5, 0.6) is 5.75 Å². The molecule has 0 bridgehead atoms. The van der Waals surface area contributed by atoms with Crippen LogP contribution in [-0.2, 0) is 0 Å². The van der Waals surface area contributed by atoms with Gasteiger partial charge >= 0.3 is 0 Å². The molecule has 0 saturated heterocycles. The smallest absolute Gasteiger partial charge is 0.289 e. The molecule has 2 heterocycles. The SMILES string of the molecule is COc1cccc2cc(C(=O)N(C)C[C@@H](C)c3nn[nH]n3)oc12. The summed E-state index contributed by atoms with van der Waals surface area (Å²) >= 11 is 0. The van der Waals surface area contributed by atoms with Crippen molar-refractivity contribution in [2.45, 2.75) is 12.8 Å². The fraction of sp³-hybridized carbons (Fsp3) is 0.333. The Kier molecular flexibility index (Phi) is 3.96. The molecule has 8 nitrogen and oxygen atoms in total. The second kappa shape index (κ2) is 6.07. The Bertz CT molecular complexity index is 812. The van der Waals surface area contributed by atoms with Crippen LogP contribution in [0.4, 0.5) is 0 Å². The quantitative estimate of drug-likeness (QED) is 0.771. The second-order valence-corrected chi connectivity index (χ2v) is 5.35. The number of benzene rings is 1. The van der Waals surface area contributed by atoms with Crippen molar-refractivity contribution < 1.29 is 13.9 Å². The monoisotopic (exact) mass is 315 g/mol. The molecule has 0 aliphatic rings. The topological polar surface area (TPSA) is 97.1 Å². The summed E-state index contributed by atoms with van der Waals surface area (Å²) < 4.78 is 10.9. The van der Waals surface area contributed by atoms with Crippen LogP contribution in [-0.4, -0.2) is 52.1 Å². The van der Waals surface area contributed by atoms with Gasteiger partial charge in [0.05, 0.1) is 7.11 Å². The maximum Gasteiger partial charge on any atom is 0.289 e. The molecule has 1 amide bonds. The van der Waals surface area contributed by atoms with Gasteiger partial charge in [0.1, 0.15) is 0 Å². The lowest BCUT2D eigenvalue weighted by Gasteiger charge is -2.18. The van der Waals surface area contributed by atoms with Crippen LogP contribution in [0.25, 0.3) is 11.0 Å². The van der Waals surface area contributed by atoms with Gasteiger partial charge in [-0.05, 0) is 12.1 Å². The molecule has 3 aromatic rings. The van der Waals surface area contributed by atoms with Crippen molar-refractivity contribution in [3.05, 3.63) is 35.9 Å². The molecule has 23 heavy (non-hydrogen) atoms. The normalized spacial score (nSPS) is 12.3. The highest BCUT2D eigenvalue weighted by Gasteiger charge is 2.21. The Morgan fingerprint density at radius 1 is 1.48 bits per heavy atom. The Labute approximate surface area is 132 Å². The van der Waals surface area contributed by atoms with Crippen molar-refractivity contribution in [2.75, 3.05) is 20.7 Å². The predicted octanol–water partition coefficient (Wildman–Crippen LogP) is 1.83. The van der Waals surface area contributed by atoms with E-state index < -0.39 is 0 Å². The van der Waals surface area contributed by atoms with Crippen molar-refractivity contribution in [2.24, 2.45) is 0 Å². The number of carbonyl (C=O) groups excluding carboxylic acids is 1. The molecule has 0 radical (unpaired) electrons. The number of ether oxygens (including phenoxy) is 1. The molecule has 0 aliphatic heterocycles. The summed E-state index contributed by atoms with van der Waals surface area (Å²) in [5, 5.41) is 14.6. The van der Waals surface area contributed by atoms with Crippen LogP contribution in [0.2, 0.25) is 0 Å². The third-order valence-electron chi connectivity index (χ3n) is 3.64. The summed E-state index contributed by atoms with van der Waals surface area (Å²) in [6, 6.07) is 7.24. The van der Waals surface area contributed by atoms with Crippen molar-refractivity contribution in [1.82, 2.24) is 25.5 Å². The number of hydrogen-bond donors (Lipinski definition) is 1. The van der Waals surface area contributed by atoms with Gasteiger partial charge in [0, 0.05) is 24.9 Å². The highest BCUT2D eigenvalue weighted by atomic mass is 16.5. The van der Waals surface area contributed by atoms with E-state index in [1.54, 1.807) is 31.2 Å². The van der Waals surface area contributed by atoms with Gasteiger partial charge in [-0.25, -0.2) is 0 Å². The number of fused-ring (bicyclic) bond motifs is 1. The summed E-state index contributed by atoms with van der Waals surface area (Å²) in [5.74, 6) is 1.19. The number of aromatic nitrogens is 4. The minimum Gasteiger partial charge on any atom is -0.493 e. The van der Waals surface area contributed by atoms with Gasteiger partial charge in [-0.2, -0.15) is 5.21 Å².